The average Bonchev–Trinajstić information content (AvgIpc) is 4.22. The summed E-state index contributed by atoms with van der Waals surface area (Å²) in [6.45, 7) is 9.47. The van der Waals surface area contributed by atoms with Crippen molar-refractivity contribution < 1.29 is 0 Å². The SMILES string of the molecule is CC1(C)c2cc(-c3nc(-c4ccccc4)nc(-n4c5ccccc5c5ccccc54)n3)ccc2-c2cc3c(cc21)-c1c(cc(-c2nc(-c4ccccc4)nc(-n4c5ccccc5c5ccccc54)n2)c2ccccc12)C3(C)C. The Morgan fingerprint density at radius 3 is 1.17 bits per heavy atom. The van der Waals surface area contributed by atoms with Crippen LogP contribution in [0.2, 0.25) is 0 Å². The fraction of sp³-hybridized carbons (Fsp3) is 0.0857. The van der Waals surface area contributed by atoms with Gasteiger partial charge in [-0.2, -0.15) is 19.9 Å². The van der Waals surface area contributed by atoms with E-state index in [1.165, 1.54) is 49.9 Å². The van der Waals surface area contributed by atoms with Gasteiger partial charge in [-0.15, -0.1) is 0 Å². The van der Waals surface area contributed by atoms with Gasteiger partial charge in [0.05, 0.1) is 22.1 Å². The standard InChI is InChI=1S/C70H48N8/c1-69(2)54-37-43(65-71-63(41-21-7-5-8-22-41)73-67(75-65)77-58-31-17-13-26-46(58)47-27-14-18-32-59(47)77)35-36-45(54)51-38-56-53(40-55(51)69)62-50-30-12-11-25-44(50)52(39-57(62)70(56,3)4)66-72-64(42-23-9-6-10-24-42)74-68(76-66)78-60-33-19-15-28-48(60)49-29-16-20-34-61(49)78/h5-40H,1-4H3. The molecule has 0 aliphatic heterocycles. The average molecular weight is 1000 g/mol. The van der Waals surface area contributed by atoms with Crippen LogP contribution in [-0.4, -0.2) is 39.0 Å². The maximum atomic E-state index is 5.46. The van der Waals surface area contributed by atoms with E-state index in [4.69, 9.17) is 29.9 Å². The molecule has 0 fully saturated rings. The Morgan fingerprint density at radius 2 is 0.641 bits per heavy atom. The predicted octanol–water partition coefficient (Wildman–Crippen LogP) is 16.7. The van der Waals surface area contributed by atoms with Crippen molar-refractivity contribution in [3.8, 4) is 79.7 Å². The lowest BCUT2D eigenvalue weighted by Gasteiger charge is -2.24. The van der Waals surface area contributed by atoms with Crippen LogP contribution in [0.1, 0.15) is 49.9 Å². The van der Waals surface area contributed by atoms with Crippen molar-refractivity contribution in [3.63, 3.8) is 0 Å². The van der Waals surface area contributed by atoms with E-state index in [0.29, 0.717) is 35.2 Å². The molecule has 0 unspecified atom stereocenters. The summed E-state index contributed by atoms with van der Waals surface area (Å²) in [6, 6.07) is 77.5. The van der Waals surface area contributed by atoms with Gasteiger partial charge in [0.2, 0.25) is 11.9 Å². The second-order valence-corrected chi connectivity index (χ2v) is 21.9. The minimum Gasteiger partial charge on any atom is -0.278 e. The van der Waals surface area contributed by atoms with Crippen molar-refractivity contribution in [2.75, 3.05) is 0 Å². The first-order chi connectivity index (χ1) is 38.2. The number of hydrogen-bond acceptors (Lipinski definition) is 6. The molecule has 368 valence electrons. The number of para-hydroxylation sites is 4. The summed E-state index contributed by atoms with van der Waals surface area (Å²) < 4.78 is 4.37. The maximum Gasteiger partial charge on any atom is 0.238 e. The fourth-order valence-corrected chi connectivity index (χ4v) is 13.0. The molecular formula is C70H48N8. The molecule has 2 aliphatic rings. The van der Waals surface area contributed by atoms with Gasteiger partial charge in [-0.05, 0) is 104 Å². The van der Waals surface area contributed by atoms with Crippen LogP contribution in [0, 0.1) is 0 Å². The zero-order valence-corrected chi connectivity index (χ0v) is 43.4. The van der Waals surface area contributed by atoms with Gasteiger partial charge in [-0.1, -0.05) is 198 Å². The van der Waals surface area contributed by atoms with Gasteiger partial charge in [0.1, 0.15) is 0 Å². The van der Waals surface area contributed by atoms with Gasteiger partial charge < -0.3 is 0 Å². The third kappa shape index (κ3) is 6.34. The summed E-state index contributed by atoms with van der Waals surface area (Å²) in [4.78, 5) is 31.8. The third-order valence-corrected chi connectivity index (χ3v) is 16.8. The zero-order chi connectivity index (χ0) is 52.0. The van der Waals surface area contributed by atoms with Gasteiger partial charge in [0.15, 0.2) is 23.3 Å². The van der Waals surface area contributed by atoms with E-state index in [-0.39, 0.29) is 10.8 Å². The van der Waals surface area contributed by atoms with Crippen molar-refractivity contribution in [2.45, 2.75) is 38.5 Å². The molecule has 4 heterocycles. The van der Waals surface area contributed by atoms with E-state index in [9.17, 15) is 0 Å². The molecule has 0 saturated carbocycles. The van der Waals surface area contributed by atoms with E-state index in [1.807, 2.05) is 36.4 Å². The van der Waals surface area contributed by atoms with Gasteiger partial charge in [-0.25, -0.2) is 9.97 Å². The van der Waals surface area contributed by atoms with E-state index in [0.717, 1.165) is 71.3 Å². The number of aromatic nitrogens is 8. The molecule has 0 radical (unpaired) electrons. The Balaban J connectivity index is 0.846. The number of rotatable bonds is 6. The van der Waals surface area contributed by atoms with Gasteiger partial charge >= 0.3 is 0 Å². The molecule has 0 amide bonds. The molecule has 0 N–H and O–H groups in total. The second kappa shape index (κ2) is 16.3. The highest BCUT2D eigenvalue weighted by Crippen LogP contribution is 2.58. The van der Waals surface area contributed by atoms with Crippen LogP contribution < -0.4 is 0 Å². The van der Waals surface area contributed by atoms with Crippen molar-refractivity contribution in [3.05, 3.63) is 241 Å². The maximum absolute atomic E-state index is 5.46. The number of fused-ring (bicyclic) bond motifs is 14. The van der Waals surface area contributed by atoms with E-state index in [1.54, 1.807) is 0 Å². The largest absolute Gasteiger partial charge is 0.278 e. The highest BCUT2D eigenvalue weighted by atomic mass is 15.2. The summed E-state index contributed by atoms with van der Waals surface area (Å²) in [5.74, 6) is 3.69. The van der Waals surface area contributed by atoms with Crippen molar-refractivity contribution in [1.82, 2.24) is 39.0 Å². The summed E-state index contributed by atoms with van der Waals surface area (Å²) in [5.41, 5.74) is 17.4. The molecule has 8 heteroatoms. The van der Waals surface area contributed by atoms with E-state index in [2.05, 4.69) is 219 Å². The van der Waals surface area contributed by atoms with Gasteiger partial charge in [0, 0.05) is 54.6 Å². The Labute approximate surface area is 450 Å². The van der Waals surface area contributed by atoms with Crippen molar-refractivity contribution in [1.29, 1.82) is 0 Å². The summed E-state index contributed by atoms with van der Waals surface area (Å²) in [5, 5.41) is 6.90. The molecule has 10 aromatic carbocycles. The Morgan fingerprint density at radius 1 is 0.269 bits per heavy atom. The summed E-state index contributed by atoms with van der Waals surface area (Å²) in [7, 11) is 0. The van der Waals surface area contributed by atoms with Crippen LogP contribution >= 0.6 is 0 Å². The van der Waals surface area contributed by atoms with Crippen LogP contribution in [0.15, 0.2) is 218 Å². The van der Waals surface area contributed by atoms with E-state index >= 15 is 0 Å². The lowest BCUT2D eigenvalue weighted by atomic mass is 9.79. The molecule has 4 aromatic heterocycles. The quantitative estimate of drug-likeness (QED) is 0.165. The monoisotopic (exact) mass is 1000 g/mol. The smallest absolute Gasteiger partial charge is 0.238 e. The molecule has 2 aliphatic carbocycles. The van der Waals surface area contributed by atoms with Gasteiger partial charge in [-0.3, -0.25) is 9.13 Å². The van der Waals surface area contributed by atoms with Crippen LogP contribution in [0.4, 0.5) is 0 Å². The summed E-state index contributed by atoms with van der Waals surface area (Å²) >= 11 is 0. The molecule has 0 atom stereocenters. The lowest BCUT2D eigenvalue weighted by Crippen LogP contribution is -2.17. The second-order valence-electron chi connectivity index (χ2n) is 21.9. The first kappa shape index (κ1) is 44.4. The van der Waals surface area contributed by atoms with Crippen LogP contribution in [0.5, 0.6) is 0 Å². The highest BCUT2D eigenvalue weighted by Gasteiger charge is 2.43. The fourth-order valence-electron chi connectivity index (χ4n) is 13.0. The molecule has 0 saturated heterocycles. The topological polar surface area (TPSA) is 87.2 Å². The first-order valence-electron chi connectivity index (χ1n) is 26.7. The predicted molar refractivity (Wildman–Crippen MR) is 316 cm³/mol. The van der Waals surface area contributed by atoms with Crippen LogP contribution in [-0.2, 0) is 10.8 Å². The number of benzene rings is 10. The van der Waals surface area contributed by atoms with Crippen LogP contribution in [0.3, 0.4) is 0 Å². The minimum atomic E-state index is -0.363. The molecule has 8 nitrogen and oxygen atoms in total. The van der Waals surface area contributed by atoms with E-state index < -0.39 is 0 Å². The zero-order valence-electron chi connectivity index (χ0n) is 43.4. The molecular weight excluding hydrogens is 953 g/mol. The van der Waals surface area contributed by atoms with Crippen molar-refractivity contribution in [2.24, 2.45) is 0 Å². The third-order valence-electron chi connectivity index (χ3n) is 16.8. The number of nitrogens with zero attached hydrogens (tertiary/aromatic N) is 8. The normalized spacial score (nSPS) is 13.8. The molecule has 16 rings (SSSR count). The molecule has 14 aromatic rings. The van der Waals surface area contributed by atoms with Gasteiger partial charge in [0.25, 0.3) is 0 Å². The Kier molecular flexibility index (Phi) is 9.27. The number of hydrogen-bond donors (Lipinski definition) is 0. The summed E-state index contributed by atoms with van der Waals surface area (Å²) in [6.07, 6.45) is 0. The molecule has 78 heavy (non-hydrogen) atoms. The lowest BCUT2D eigenvalue weighted by molar-refractivity contribution is 0.652. The van der Waals surface area contributed by atoms with Crippen LogP contribution in [0.25, 0.3) is 134 Å². The Bertz CT molecular complexity index is 4750. The first-order valence-corrected chi connectivity index (χ1v) is 26.7. The van der Waals surface area contributed by atoms with Crippen molar-refractivity contribution >= 4 is 54.4 Å². The molecule has 0 bridgehead atoms. The molecule has 0 spiro atoms. The minimum absolute atomic E-state index is 0.342. The Hall–Kier alpha value is -9.92. The highest BCUT2D eigenvalue weighted by molar-refractivity contribution is 6.11.